The average Bonchev–Trinajstić information content (AvgIpc) is 3.06. The highest BCUT2D eigenvalue weighted by molar-refractivity contribution is 7.89. The lowest BCUT2D eigenvalue weighted by Crippen LogP contribution is -2.32. The molecule has 1 aliphatic rings. The van der Waals surface area contributed by atoms with E-state index >= 15 is 0 Å². The summed E-state index contributed by atoms with van der Waals surface area (Å²) >= 11 is 6.24. The first kappa shape index (κ1) is 15.0. The Morgan fingerprint density at radius 3 is 2.73 bits per heavy atom. The van der Waals surface area contributed by atoms with Crippen molar-refractivity contribution >= 4 is 33.2 Å². The fourth-order valence-corrected chi connectivity index (χ4v) is 3.50. The van der Waals surface area contributed by atoms with Crippen molar-refractivity contribution in [2.45, 2.75) is 11.7 Å². The molecule has 0 spiro atoms. The van der Waals surface area contributed by atoms with E-state index in [0.717, 1.165) is 0 Å². The number of anilines is 1. The fourth-order valence-electron chi connectivity index (χ4n) is 2.50. The van der Waals surface area contributed by atoms with Gasteiger partial charge < -0.3 is 9.47 Å². The maximum Gasteiger partial charge on any atom is 0.228 e. The molecule has 1 unspecified atom stereocenters. The van der Waals surface area contributed by atoms with Crippen molar-refractivity contribution in [3.05, 3.63) is 41.9 Å². The number of halogens is 1. The maximum atomic E-state index is 12.2. The van der Waals surface area contributed by atoms with Gasteiger partial charge in [0, 0.05) is 25.4 Å². The van der Waals surface area contributed by atoms with Gasteiger partial charge in [-0.25, -0.2) is 18.5 Å². The molecule has 9 heteroatoms. The molecule has 0 bridgehead atoms. The Morgan fingerprint density at radius 1 is 1.36 bits per heavy atom. The van der Waals surface area contributed by atoms with Crippen LogP contribution in [0.1, 0.15) is 6.42 Å². The number of benzene rings is 1. The van der Waals surface area contributed by atoms with E-state index < -0.39 is 15.3 Å². The summed E-state index contributed by atoms with van der Waals surface area (Å²) in [5.74, 6) is -0.303. The molecule has 22 heavy (non-hydrogen) atoms. The van der Waals surface area contributed by atoms with E-state index in [1.807, 2.05) is 0 Å². The van der Waals surface area contributed by atoms with Gasteiger partial charge in [-0.1, -0.05) is 17.7 Å². The van der Waals surface area contributed by atoms with E-state index in [-0.39, 0.29) is 18.9 Å². The third-order valence-corrected chi connectivity index (χ3v) is 5.12. The predicted molar refractivity (Wildman–Crippen MR) is 82.4 cm³/mol. The number of imidazole rings is 1. The second-order valence-corrected chi connectivity index (χ2v) is 7.25. The minimum Gasteiger partial charge on any atom is -0.309 e. The number of primary sulfonamides is 1. The van der Waals surface area contributed by atoms with Gasteiger partial charge in [0.25, 0.3) is 0 Å². The summed E-state index contributed by atoms with van der Waals surface area (Å²) < 4.78 is 24.7. The van der Waals surface area contributed by atoms with Crippen molar-refractivity contribution in [2.24, 2.45) is 5.14 Å². The zero-order chi connectivity index (χ0) is 15.9. The van der Waals surface area contributed by atoms with E-state index in [1.165, 1.54) is 4.90 Å². The van der Waals surface area contributed by atoms with Crippen LogP contribution >= 0.6 is 11.6 Å². The summed E-state index contributed by atoms with van der Waals surface area (Å²) in [6.45, 7) is 0.0136. The van der Waals surface area contributed by atoms with Crippen LogP contribution in [0.15, 0.2) is 36.9 Å². The van der Waals surface area contributed by atoms with Crippen LogP contribution in [0.5, 0.6) is 0 Å². The molecule has 1 aromatic carbocycles. The molecule has 2 N–H and O–H groups in total. The molecule has 1 aromatic heterocycles. The van der Waals surface area contributed by atoms with Crippen molar-refractivity contribution in [1.82, 2.24) is 9.55 Å². The van der Waals surface area contributed by atoms with Crippen molar-refractivity contribution in [2.75, 3.05) is 11.4 Å². The quantitative estimate of drug-likeness (QED) is 0.898. The Balaban J connectivity index is 2.07. The number of hydrogen-bond acceptors (Lipinski definition) is 4. The summed E-state index contributed by atoms with van der Waals surface area (Å²) in [7, 11) is -3.77. The van der Waals surface area contributed by atoms with Crippen LogP contribution in [0.2, 0.25) is 5.02 Å². The second kappa shape index (κ2) is 5.38. The number of hydrogen-bond donors (Lipinski definition) is 1. The molecule has 116 valence electrons. The lowest BCUT2D eigenvalue weighted by molar-refractivity contribution is -0.117. The van der Waals surface area contributed by atoms with Crippen LogP contribution in [0.25, 0.3) is 5.69 Å². The van der Waals surface area contributed by atoms with Crippen LogP contribution in [0.4, 0.5) is 5.69 Å². The lowest BCUT2D eigenvalue weighted by Gasteiger charge is -2.21. The van der Waals surface area contributed by atoms with Gasteiger partial charge in [0.2, 0.25) is 15.9 Å². The first-order valence-electron chi connectivity index (χ1n) is 6.47. The number of nitrogens with two attached hydrogens (primary N) is 1. The second-order valence-electron chi connectivity index (χ2n) is 5.00. The smallest absolute Gasteiger partial charge is 0.228 e. The largest absolute Gasteiger partial charge is 0.309 e. The summed E-state index contributed by atoms with van der Waals surface area (Å²) in [5, 5.41) is 4.68. The monoisotopic (exact) mass is 340 g/mol. The summed E-state index contributed by atoms with van der Waals surface area (Å²) in [6.07, 6.45) is 4.71. The SMILES string of the molecule is NS(=O)(=O)C1CC(=O)N(c2cccc(Cl)c2-n2ccnc2)C1. The van der Waals surface area contributed by atoms with Crippen molar-refractivity contribution in [3.8, 4) is 5.69 Å². The highest BCUT2D eigenvalue weighted by Gasteiger charge is 2.38. The molecule has 0 aliphatic carbocycles. The normalized spacial score (nSPS) is 18.9. The third kappa shape index (κ3) is 2.60. The number of carbonyl (C=O) groups is 1. The number of sulfonamides is 1. The van der Waals surface area contributed by atoms with Crippen LogP contribution in [0.3, 0.4) is 0 Å². The zero-order valence-electron chi connectivity index (χ0n) is 11.4. The Hall–Kier alpha value is -1.90. The molecule has 0 saturated carbocycles. The zero-order valence-corrected chi connectivity index (χ0v) is 13.0. The molecule has 1 atom stereocenters. The number of amides is 1. The number of nitrogens with zero attached hydrogens (tertiary/aromatic N) is 3. The van der Waals surface area contributed by atoms with Crippen LogP contribution in [-0.2, 0) is 14.8 Å². The summed E-state index contributed by atoms with van der Waals surface area (Å²) in [6, 6.07) is 5.11. The lowest BCUT2D eigenvalue weighted by atomic mass is 10.2. The van der Waals surface area contributed by atoms with Gasteiger partial charge in [0.1, 0.15) is 5.25 Å². The van der Waals surface area contributed by atoms with Gasteiger partial charge in [-0.15, -0.1) is 0 Å². The van der Waals surface area contributed by atoms with Gasteiger partial charge in [-0.05, 0) is 12.1 Å². The molecule has 2 heterocycles. The van der Waals surface area contributed by atoms with Crippen molar-refractivity contribution < 1.29 is 13.2 Å². The summed E-state index contributed by atoms with van der Waals surface area (Å²) in [4.78, 5) is 17.6. The van der Waals surface area contributed by atoms with Gasteiger partial charge in [-0.3, -0.25) is 4.79 Å². The molecule has 1 aliphatic heterocycles. The Labute approximate surface area is 132 Å². The first-order valence-corrected chi connectivity index (χ1v) is 8.45. The molecule has 1 amide bonds. The molecule has 3 rings (SSSR count). The highest BCUT2D eigenvalue weighted by atomic mass is 35.5. The van der Waals surface area contributed by atoms with E-state index in [9.17, 15) is 13.2 Å². The summed E-state index contributed by atoms with van der Waals surface area (Å²) in [5.41, 5.74) is 1.10. The number of rotatable bonds is 3. The van der Waals surface area contributed by atoms with E-state index in [2.05, 4.69) is 4.98 Å². The van der Waals surface area contributed by atoms with E-state index in [0.29, 0.717) is 16.4 Å². The van der Waals surface area contributed by atoms with Gasteiger partial charge in [0.15, 0.2) is 0 Å². The maximum absolute atomic E-state index is 12.2. The Kier molecular flexibility index (Phi) is 3.67. The number of para-hydroxylation sites is 1. The minimum atomic E-state index is -3.77. The highest BCUT2D eigenvalue weighted by Crippen LogP contribution is 2.34. The van der Waals surface area contributed by atoms with Gasteiger partial charge >= 0.3 is 0 Å². The van der Waals surface area contributed by atoms with E-state index in [4.69, 9.17) is 16.7 Å². The molecular formula is C13H13ClN4O3S. The number of carbonyl (C=O) groups excluding carboxylic acids is 1. The van der Waals surface area contributed by atoms with Gasteiger partial charge in [0.05, 0.1) is 22.7 Å². The molecule has 1 saturated heterocycles. The first-order chi connectivity index (χ1) is 10.4. The molecular weight excluding hydrogens is 328 g/mol. The topological polar surface area (TPSA) is 98.3 Å². The Bertz CT molecular complexity index is 820. The standard InChI is InChI=1S/C13H13ClN4O3S/c14-10-2-1-3-11(13(10)17-5-4-16-8-17)18-7-9(6-12(18)19)22(15,20)21/h1-5,8-9H,6-7H2,(H2,15,20,21). The van der Waals surface area contributed by atoms with Crippen molar-refractivity contribution in [1.29, 1.82) is 0 Å². The third-order valence-electron chi connectivity index (χ3n) is 3.57. The molecule has 2 aromatic rings. The van der Waals surface area contributed by atoms with E-state index in [1.54, 1.807) is 41.5 Å². The van der Waals surface area contributed by atoms with Gasteiger partial charge in [-0.2, -0.15) is 0 Å². The molecule has 7 nitrogen and oxygen atoms in total. The number of aromatic nitrogens is 2. The molecule has 1 fully saturated rings. The fraction of sp³-hybridized carbons (Fsp3) is 0.231. The van der Waals surface area contributed by atoms with Crippen molar-refractivity contribution in [3.63, 3.8) is 0 Å². The Morgan fingerprint density at radius 2 is 2.14 bits per heavy atom. The molecule has 0 radical (unpaired) electrons. The minimum absolute atomic E-state index is 0.0136. The van der Waals surface area contributed by atoms with Crippen LogP contribution in [0, 0.1) is 0 Å². The van der Waals surface area contributed by atoms with Crippen LogP contribution in [-0.4, -0.2) is 35.7 Å². The predicted octanol–water partition coefficient (Wildman–Crippen LogP) is 0.920. The average molecular weight is 341 g/mol. The van der Waals surface area contributed by atoms with Crippen LogP contribution < -0.4 is 10.0 Å².